The number of halogens is 1. The molecule has 1 spiro atoms. The molecular formula is C25H32FNO. The van der Waals surface area contributed by atoms with Gasteiger partial charge in [-0.2, -0.15) is 0 Å². The summed E-state index contributed by atoms with van der Waals surface area (Å²) in [5.41, 5.74) is 2.70. The van der Waals surface area contributed by atoms with Crippen molar-refractivity contribution < 1.29 is 9.13 Å². The maximum absolute atomic E-state index is 13.6. The van der Waals surface area contributed by atoms with Crippen LogP contribution in [0.4, 0.5) is 4.39 Å². The topological polar surface area (TPSA) is 21.3 Å². The molecular weight excluding hydrogens is 349 g/mol. The first kappa shape index (κ1) is 19.6. The van der Waals surface area contributed by atoms with Gasteiger partial charge in [-0.15, -0.1) is 0 Å². The second kappa shape index (κ2) is 8.34. The van der Waals surface area contributed by atoms with E-state index in [1.165, 1.54) is 36.8 Å². The molecule has 150 valence electrons. The van der Waals surface area contributed by atoms with Crippen LogP contribution in [0.25, 0.3) is 0 Å². The SMILES string of the molecule is CC(NCC[C@@]1(c2ccc(F)cc2)CCOC2(CCCC2)C1)c1ccccc1. The van der Waals surface area contributed by atoms with Gasteiger partial charge in [0.1, 0.15) is 5.82 Å². The van der Waals surface area contributed by atoms with Crippen LogP contribution >= 0.6 is 0 Å². The summed E-state index contributed by atoms with van der Waals surface area (Å²) in [6, 6.07) is 18.2. The molecule has 0 aromatic heterocycles. The fourth-order valence-electron chi connectivity index (χ4n) is 5.35. The minimum absolute atomic E-state index is 0.0394. The van der Waals surface area contributed by atoms with Crippen LogP contribution in [0.5, 0.6) is 0 Å². The van der Waals surface area contributed by atoms with Gasteiger partial charge in [-0.1, -0.05) is 55.3 Å². The molecule has 2 fully saturated rings. The van der Waals surface area contributed by atoms with Crippen molar-refractivity contribution in [2.24, 2.45) is 0 Å². The van der Waals surface area contributed by atoms with Crippen molar-refractivity contribution in [2.75, 3.05) is 13.2 Å². The van der Waals surface area contributed by atoms with Crippen molar-refractivity contribution in [1.82, 2.24) is 5.32 Å². The normalized spacial score (nSPS) is 25.1. The molecule has 0 amide bonds. The zero-order valence-corrected chi connectivity index (χ0v) is 16.9. The molecule has 2 nitrogen and oxygen atoms in total. The lowest BCUT2D eigenvalue weighted by molar-refractivity contribution is -0.103. The average molecular weight is 382 g/mol. The van der Waals surface area contributed by atoms with Gasteiger partial charge in [0.2, 0.25) is 0 Å². The van der Waals surface area contributed by atoms with E-state index in [4.69, 9.17) is 4.74 Å². The zero-order valence-electron chi connectivity index (χ0n) is 16.9. The van der Waals surface area contributed by atoms with Crippen molar-refractivity contribution >= 4 is 0 Å². The molecule has 2 atom stereocenters. The molecule has 1 heterocycles. The lowest BCUT2D eigenvalue weighted by atomic mass is 9.66. The molecule has 3 heteroatoms. The van der Waals surface area contributed by atoms with Crippen LogP contribution < -0.4 is 5.32 Å². The lowest BCUT2D eigenvalue weighted by Crippen LogP contribution is -2.47. The Balaban J connectivity index is 1.51. The maximum Gasteiger partial charge on any atom is 0.123 e. The summed E-state index contributed by atoms with van der Waals surface area (Å²) < 4.78 is 19.9. The smallest absolute Gasteiger partial charge is 0.123 e. The molecule has 0 bridgehead atoms. The molecule has 2 aliphatic rings. The van der Waals surface area contributed by atoms with Gasteiger partial charge in [0.15, 0.2) is 0 Å². The van der Waals surface area contributed by atoms with Crippen LogP contribution in [0.1, 0.15) is 69.0 Å². The number of hydrogen-bond donors (Lipinski definition) is 1. The van der Waals surface area contributed by atoms with Crippen molar-refractivity contribution in [1.29, 1.82) is 0 Å². The molecule has 1 N–H and O–H groups in total. The monoisotopic (exact) mass is 381 g/mol. The van der Waals surface area contributed by atoms with E-state index >= 15 is 0 Å². The van der Waals surface area contributed by atoms with E-state index in [9.17, 15) is 4.39 Å². The third-order valence-electron chi connectivity index (χ3n) is 6.97. The van der Waals surface area contributed by atoms with Crippen LogP contribution in [0.15, 0.2) is 54.6 Å². The number of nitrogens with one attached hydrogen (secondary N) is 1. The first-order chi connectivity index (χ1) is 13.6. The van der Waals surface area contributed by atoms with Crippen molar-refractivity contribution in [2.45, 2.75) is 68.9 Å². The standard InChI is InChI=1S/C25H32FNO/c1-20(21-7-3-2-4-8-21)27-17-15-24(22-9-11-23(26)12-10-22)16-18-28-25(19-24)13-5-6-14-25/h2-4,7-12,20,27H,5-6,13-19H2,1H3/t20?,24-/m1/s1. The van der Waals surface area contributed by atoms with Crippen LogP contribution in [-0.4, -0.2) is 18.8 Å². The largest absolute Gasteiger partial charge is 0.375 e. The Labute approximate surface area is 168 Å². The molecule has 28 heavy (non-hydrogen) atoms. The third-order valence-corrected chi connectivity index (χ3v) is 6.97. The van der Waals surface area contributed by atoms with E-state index in [-0.39, 0.29) is 16.8 Å². The Morgan fingerprint density at radius 2 is 1.71 bits per heavy atom. The highest BCUT2D eigenvalue weighted by Gasteiger charge is 2.47. The molecule has 1 saturated heterocycles. The summed E-state index contributed by atoms with van der Waals surface area (Å²) >= 11 is 0. The Bertz CT molecular complexity index is 754. The summed E-state index contributed by atoms with van der Waals surface area (Å²) in [6.07, 6.45) is 8.01. The quantitative estimate of drug-likeness (QED) is 0.670. The van der Waals surface area contributed by atoms with Gasteiger partial charge in [0.05, 0.1) is 5.60 Å². The average Bonchev–Trinajstić information content (AvgIpc) is 3.16. The van der Waals surface area contributed by atoms with Gasteiger partial charge in [0.25, 0.3) is 0 Å². The highest BCUT2D eigenvalue weighted by molar-refractivity contribution is 5.28. The molecule has 0 radical (unpaired) electrons. The van der Waals surface area contributed by atoms with Crippen LogP contribution in [0.3, 0.4) is 0 Å². The second-order valence-electron chi connectivity index (χ2n) is 8.79. The Kier molecular flexibility index (Phi) is 5.84. The van der Waals surface area contributed by atoms with Gasteiger partial charge in [-0.05, 0) is 68.8 Å². The predicted molar refractivity (Wildman–Crippen MR) is 112 cm³/mol. The second-order valence-corrected chi connectivity index (χ2v) is 8.79. The third kappa shape index (κ3) is 4.16. The Hall–Kier alpha value is -1.71. The van der Waals surface area contributed by atoms with E-state index in [1.54, 1.807) is 12.1 Å². The van der Waals surface area contributed by atoms with Gasteiger partial charge < -0.3 is 10.1 Å². The lowest BCUT2D eigenvalue weighted by Gasteiger charge is -2.47. The zero-order chi connectivity index (χ0) is 19.5. The fourth-order valence-corrected chi connectivity index (χ4v) is 5.35. The summed E-state index contributed by atoms with van der Waals surface area (Å²) in [4.78, 5) is 0. The molecule has 1 unspecified atom stereocenters. The predicted octanol–water partition coefficient (Wildman–Crippen LogP) is 5.93. The summed E-state index contributed by atoms with van der Waals surface area (Å²) in [6.45, 7) is 3.98. The van der Waals surface area contributed by atoms with Crippen molar-refractivity contribution in [3.63, 3.8) is 0 Å². The van der Waals surface area contributed by atoms with Gasteiger partial charge >= 0.3 is 0 Å². The van der Waals surface area contributed by atoms with Gasteiger partial charge in [-0.25, -0.2) is 4.39 Å². The molecule has 2 aromatic rings. The van der Waals surface area contributed by atoms with E-state index in [0.29, 0.717) is 6.04 Å². The number of hydrogen-bond acceptors (Lipinski definition) is 2. The van der Waals surface area contributed by atoms with E-state index < -0.39 is 0 Å². The van der Waals surface area contributed by atoms with E-state index in [2.05, 4.69) is 42.6 Å². The molecule has 1 aliphatic heterocycles. The summed E-state index contributed by atoms with van der Waals surface area (Å²) in [5.74, 6) is -0.155. The summed E-state index contributed by atoms with van der Waals surface area (Å²) in [5, 5.41) is 3.72. The van der Waals surface area contributed by atoms with Crippen LogP contribution in [-0.2, 0) is 10.2 Å². The van der Waals surface area contributed by atoms with Crippen LogP contribution in [0.2, 0.25) is 0 Å². The number of benzene rings is 2. The van der Waals surface area contributed by atoms with Crippen molar-refractivity contribution in [3.05, 3.63) is 71.5 Å². The Morgan fingerprint density at radius 3 is 2.43 bits per heavy atom. The van der Waals surface area contributed by atoms with Gasteiger partial charge in [0, 0.05) is 18.1 Å². The summed E-state index contributed by atoms with van der Waals surface area (Å²) in [7, 11) is 0. The first-order valence-corrected chi connectivity index (χ1v) is 10.8. The molecule has 1 aliphatic carbocycles. The first-order valence-electron chi connectivity index (χ1n) is 10.8. The molecule has 4 rings (SSSR count). The Morgan fingerprint density at radius 1 is 1.00 bits per heavy atom. The highest BCUT2D eigenvalue weighted by Crippen LogP contribution is 2.50. The number of rotatable bonds is 6. The van der Waals surface area contributed by atoms with Gasteiger partial charge in [-0.3, -0.25) is 0 Å². The minimum atomic E-state index is -0.155. The minimum Gasteiger partial charge on any atom is -0.375 e. The van der Waals surface area contributed by atoms with Crippen molar-refractivity contribution in [3.8, 4) is 0 Å². The molecule has 1 saturated carbocycles. The van der Waals surface area contributed by atoms with E-state index in [0.717, 1.165) is 32.4 Å². The highest BCUT2D eigenvalue weighted by atomic mass is 19.1. The van der Waals surface area contributed by atoms with E-state index in [1.807, 2.05) is 12.1 Å². The fraction of sp³-hybridized carbons (Fsp3) is 0.520. The number of ether oxygens (including phenoxy) is 1. The van der Waals surface area contributed by atoms with Crippen LogP contribution in [0, 0.1) is 5.82 Å². The molecule has 2 aromatic carbocycles. The maximum atomic E-state index is 13.6.